The molecule has 0 atom stereocenters. The molecule has 176 valence electrons. The van der Waals surface area contributed by atoms with Gasteiger partial charge in [-0.15, -0.1) is 0 Å². The maximum atomic E-state index is 12.8. The Morgan fingerprint density at radius 1 is 1.06 bits per heavy atom. The Morgan fingerprint density at radius 2 is 1.79 bits per heavy atom. The number of carbonyl (C=O) groups is 3. The van der Waals surface area contributed by atoms with Gasteiger partial charge < -0.3 is 15.4 Å². The second kappa shape index (κ2) is 11.7. The van der Waals surface area contributed by atoms with E-state index >= 15 is 0 Å². The fraction of sp³-hybridized carbons (Fsp3) is 0.273. The lowest BCUT2D eigenvalue weighted by Crippen LogP contribution is -2.39. The van der Waals surface area contributed by atoms with E-state index in [4.69, 9.17) is 4.74 Å². The minimum absolute atomic E-state index is 0.0215. The molecule has 0 saturated heterocycles. The van der Waals surface area contributed by atoms with Crippen LogP contribution in [0.3, 0.4) is 0 Å². The van der Waals surface area contributed by atoms with Gasteiger partial charge in [0.05, 0.1) is 11.8 Å². The number of ether oxygens (including phenoxy) is 1. The number of hydrogen-bond donors (Lipinski definition) is 3. The predicted octanol–water partition coefficient (Wildman–Crippen LogP) is 2.95. The first-order valence-corrected chi connectivity index (χ1v) is 9.86. The van der Waals surface area contributed by atoms with Crippen molar-refractivity contribution in [3.05, 3.63) is 59.7 Å². The maximum absolute atomic E-state index is 12.8. The van der Waals surface area contributed by atoms with Crippen LogP contribution in [0.4, 0.5) is 18.9 Å². The van der Waals surface area contributed by atoms with Crippen LogP contribution in [0.5, 0.6) is 5.75 Å². The third-order valence-corrected chi connectivity index (χ3v) is 4.00. The number of alkyl halides is 3. The molecule has 0 saturated carbocycles. The normalized spacial score (nSPS) is 11.3. The first-order chi connectivity index (χ1) is 15.6. The molecule has 2 aromatic carbocycles. The zero-order valence-electron chi connectivity index (χ0n) is 17.9. The van der Waals surface area contributed by atoms with Gasteiger partial charge in [-0.05, 0) is 36.2 Å². The molecule has 33 heavy (non-hydrogen) atoms. The third kappa shape index (κ3) is 8.63. The molecule has 8 nitrogen and oxygen atoms in total. The van der Waals surface area contributed by atoms with Gasteiger partial charge in [0.15, 0.2) is 6.61 Å². The van der Waals surface area contributed by atoms with Crippen molar-refractivity contribution in [1.82, 2.24) is 10.7 Å². The number of hydrogen-bond acceptors (Lipinski definition) is 5. The summed E-state index contributed by atoms with van der Waals surface area (Å²) in [6.07, 6.45) is -3.30. The van der Waals surface area contributed by atoms with E-state index in [0.29, 0.717) is 12.1 Å². The highest BCUT2D eigenvalue weighted by Crippen LogP contribution is 2.30. The Kier molecular flexibility index (Phi) is 8.96. The fourth-order valence-electron chi connectivity index (χ4n) is 2.42. The molecular weight excluding hydrogens is 441 g/mol. The van der Waals surface area contributed by atoms with Crippen LogP contribution in [0.25, 0.3) is 0 Å². The van der Waals surface area contributed by atoms with E-state index in [-0.39, 0.29) is 17.4 Å². The molecule has 0 aromatic heterocycles. The van der Waals surface area contributed by atoms with Crippen molar-refractivity contribution >= 4 is 29.6 Å². The van der Waals surface area contributed by atoms with Gasteiger partial charge in [-0.1, -0.05) is 32.0 Å². The lowest BCUT2D eigenvalue weighted by atomic mass is 10.2. The topological polar surface area (TPSA) is 109 Å². The molecule has 3 amide bonds. The number of benzene rings is 2. The zero-order valence-corrected chi connectivity index (χ0v) is 17.9. The number of carbonyl (C=O) groups excluding carboxylic acids is 3. The van der Waals surface area contributed by atoms with Crippen LogP contribution in [0, 0.1) is 5.92 Å². The van der Waals surface area contributed by atoms with E-state index in [2.05, 4.69) is 21.2 Å². The fourth-order valence-corrected chi connectivity index (χ4v) is 2.42. The van der Waals surface area contributed by atoms with Gasteiger partial charge in [0, 0.05) is 17.8 Å². The Morgan fingerprint density at radius 3 is 2.48 bits per heavy atom. The van der Waals surface area contributed by atoms with Crippen molar-refractivity contribution in [3.63, 3.8) is 0 Å². The summed E-state index contributed by atoms with van der Waals surface area (Å²) in [5, 5.41) is 8.49. The molecular formula is C22H23F3N4O4. The Hall–Kier alpha value is -3.89. The molecule has 0 aliphatic rings. The molecule has 2 rings (SSSR count). The van der Waals surface area contributed by atoms with Crippen molar-refractivity contribution in [1.29, 1.82) is 0 Å². The molecule has 3 N–H and O–H groups in total. The van der Waals surface area contributed by atoms with Crippen LogP contribution < -0.4 is 20.8 Å². The van der Waals surface area contributed by atoms with Gasteiger partial charge in [0.25, 0.3) is 5.91 Å². The summed E-state index contributed by atoms with van der Waals surface area (Å²) >= 11 is 0. The van der Waals surface area contributed by atoms with Crippen LogP contribution in [-0.4, -0.2) is 37.1 Å². The predicted molar refractivity (Wildman–Crippen MR) is 116 cm³/mol. The van der Waals surface area contributed by atoms with Gasteiger partial charge >= 0.3 is 18.0 Å². The average molecular weight is 464 g/mol. The van der Waals surface area contributed by atoms with Gasteiger partial charge in [-0.3, -0.25) is 14.4 Å². The van der Waals surface area contributed by atoms with E-state index in [0.717, 1.165) is 12.1 Å². The van der Waals surface area contributed by atoms with E-state index < -0.39 is 36.1 Å². The van der Waals surface area contributed by atoms with E-state index in [1.165, 1.54) is 24.4 Å². The lowest BCUT2D eigenvalue weighted by molar-refractivity contribution is -0.139. The molecule has 0 bridgehead atoms. The monoisotopic (exact) mass is 464 g/mol. The van der Waals surface area contributed by atoms with Crippen LogP contribution in [-0.2, 0) is 20.6 Å². The highest BCUT2D eigenvalue weighted by molar-refractivity contribution is 6.35. The van der Waals surface area contributed by atoms with Crippen molar-refractivity contribution in [2.75, 3.05) is 18.5 Å². The molecule has 0 radical (unpaired) electrons. The third-order valence-electron chi connectivity index (χ3n) is 4.00. The number of nitrogens with zero attached hydrogens (tertiary/aromatic N) is 1. The minimum atomic E-state index is -4.53. The summed E-state index contributed by atoms with van der Waals surface area (Å²) in [6, 6.07) is 10.6. The highest BCUT2D eigenvalue weighted by Gasteiger charge is 2.30. The molecule has 11 heteroatoms. The number of amides is 3. The molecule has 2 aromatic rings. The van der Waals surface area contributed by atoms with Crippen LogP contribution in [0.15, 0.2) is 53.6 Å². The van der Waals surface area contributed by atoms with Crippen molar-refractivity contribution in [2.45, 2.75) is 20.0 Å². The number of nitrogens with one attached hydrogen (secondary N) is 3. The standard InChI is InChI=1S/C22H23F3N4O4/c1-14(2)11-26-20(31)21(32)29-27-12-15-6-3-4-9-18(15)33-13-19(30)28-17-8-5-7-16(10-17)22(23,24)25/h3-10,12,14H,11,13H2,1-2H3,(H,26,31)(H,28,30)(H,29,32)/b27-12-. The number of hydrazone groups is 1. The smallest absolute Gasteiger partial charge is 0.416 e. The van der Waals surface area contributed by atoms with Gasteiger partial charge in [0.1, 0.15) is 5.75 Å². The second-order valence-corrected chi connectivity index (χ2v) is 7.26. The summed E-state index contributed by atoms with van der Waals surface area (Å²) < 4.78 is 43.8. The molecule has 0 fully saturated rings. The summed E-state index contributed by atoms with van der Waals surface area (Å²) in [4.78, 5) is 35.4. The Labute approximate surface area is 188 Å². The van der Waals surface area contributed by atoms with Gasteiger partial charge in [0.2, 0.25) is 0 Å². The Balaban J connectivity index is 1.92. The zero-order chi connectivity index (χ0) is 24.4. The SMILES string of the molecule is CC(C)CNC(=O)C(=O)N/N=C\c1ccccc1OCC(=O)Nc1cccc(C(F)(F)F)c1. The lowest BCUT2D eigenvalue weighted by Gasteiger charge is -2.11. The van der Waals surface area contributed by atoms with Crippen molar-refractivity contribution in [2.24, 2.45) is 11.0 Å². The van der Waals surface area contributed by atoms with Crippen LogP contribution in [0.1, 0.15) is 25.0 Å². The maximum Gasteiger partial charge on any atom is 0.416 e. The van der Waals surface area contributed by atoms with E-state index in [9.17, 15) is 27.6 Å². The number of halogens is 3. The summed E-state index contributed by atoms with van der Waals surface area (Å²) in [6.45, 7) is 3.63. The van der Waals surface area contributed by atoms with Crippen molar-refractivity contribution < 1.29 is 32.3 Å². The van der Waals surface area contributed by atoms with Crippen LogP contribution >= 0.6 is 0 Å². The highest BCUT2D eigenvalue weighted by atomic mass is 19.4. The minimum Gasteiger partial charge on any atom is -0.483 e. The summed E-state index contributed by atoms with van der Waals surface area (Å²) in [5.74, 6) is -2.02. The summed E-state index contributed by atoms with van der Waals surface area (Å²) in [7, 11) is 0. The first kappa shape index (κ1) is 25.4. The van der Waals surface area contributed by atoms with E-state index in [1.807, 2.05) is 13.8 Å². The number of para-hydroxylation sites is 1. The number of rotatable bonds is 8. The molecule has 0 spiro atoms. The van der Waals surface area contributed by atoms with E-state index in [1.54, 1.807) is 18.2 Å². The van der Waals surface area contributed by atoms with Crippen molar-refractivity contribution in [3.8, 4) is 5.75 Å². The average Bonchev–Trinajstić information content (AvgIpc) is 2.76. The molecule has 0 aliphatic heterocycles. The summed E-state index contributed by atoms with van der Waals surface area (Å²) in [5.41, 5.74) is 1.58. The van der Waals surface area contributed by atoms with Gasteiger partial charge in [-0.2, -0.15) is 18.3 Å². The van der Waals surface area contributed by atoms with Gasteiger partial charge in [-0.25, -0.2) is 5.43 Å². The quantitative estimate of drug-likeness (QED) is 0.317. The molecule has 0 aliphatic carbocycles. The number of anilines is 1. The first-order valence-electron chi connectivity index (χ1n) is 9.86. The Bertz CT molecular complexity index is 1020. The second-order valence-electron chi connectivity index (χ2n) is 7.26. The largest absolute Gasteiger partial charge is 0.483 e. The molecule has 0 heterocycles. The van der Waals surface area contributed by atoms with Crippen LogP contribution in [0.2, 0.25) is 0 Å². The molecule has 0 unspecified atom stereocenters.